The van der Waals surface area contributed by atoms with Gasteiger partial charge in [0.15, 0.2) is 12.0 Å². The van der Waals surface area contributed by atoms with Crippen LogP contribution >= 0.6 is 0 Å². The average Bonchev–Trinajstić information content (AvgIpc) is 3.19. The van der Waals surface area contributed by atoms with Crippen LogP contribution in [0.1, 0.15) is 25.7 Å². The van der Waals surface area contributed by atoms with Gasteiger partial charge in [-0.15, -0.1) is 0 Å². The fourth-order valence-electron chi connectivity index (χ4n) is 3.68. The van der Waals surface area contributed by atoms with Gasteiger partial charge in [-0.25, -0.2) is 0 Å². The van der Waals surface area contributed by atoms with Crippen molar-refractivity contribution in [1.82, 2.24) is 10.6 Å². The fourth-order valence-corrected chi connectivity index (χ4v) is 3.68. The number of Topliss-reactive ketones (excluding diaryl/α,β-unsaturated/α-hetero) is 1. The number of fused-ring (bicyclic) bond motifs is 1. The van der Waals surface area contributed by atoms with E-state index in [0.717, 1.165) is 18.4 Å². The Kier molecular flexibility index (Phi) is 4.46. The molecular weight excluding hydrogens is 334 g/mol. The Bertz CT molecular complexity index is 770. The van der Waals surface area contributed by atoms with Crippen molar-refractivity contribution < 1.29 is 19.4 Å². The van der Waals surface area contributed by atoms with Crippen molar-refractivity contribution >= 4 is 18.3 Å². The van der Waals surface area contributed by atoms with Gasteiger partial charge < -0.3 is 20.5 Å². The third kappa shape index (κ3) is 3.10. The lowest BCUT2D eigenvalue weighted by atomic mass is 9.93. The standard InChI is InChI=1S/C19H21N3O4/c23-10-15-17(25)16(8-11-9-21-18-14(11)2-1-7-20-18)26-19(15)22-12-3-5-13(24)6-4-12/h1-2,7-10,12-14,18,21-22,24H,3-6H2/b16-8-. The summed E-state index contributed by atoms with van der Waals surface area (Å²) in [5.74, 6) is -0.00791. The molecule has 0 radical (unpaired) electrons. The molecule has 0 bridgehead atoms. The highest BCUT2D eigenvalue weighted by Gasteiger charge is 2.34. The lowest BCUT2D eigenvalue weighted by molar-refractivity contribution is -0.115. The molecule has 0 saturated heterocycles. The fraction of sp³-hybridized carbons (Fsp3) is 0.421. The molecule has 3 aliphatic heterocycles. The van der Waals surface area contributed by atoms with Crippen molar-refractivity contribution in [2.75, 3.05) is 0 Å². The van der Waals surface area contributed by atoms with E-state index in [1.807, 2.05) is 18.4 Å². The second-order valence-electron chi connectivity index (χ2n) is 6.91. The van der Waals surface area contributed by atoms with Crippen LogP contribution in [0.25, 0.3) is 0 Å². The summed E-state index contributed by atoms with van der Waals surface area (Å²) < 4.78 is 5.70. The number of carbonyl (C=O) groups is 2. The Morgan fingerprint density at radius 3 is 2.88 bits per heavy atom. The number of dihydropyridines is 1. The van der Waals surface area contributed by atoms with Gasteiger partial charge in [0.1, 0.15) is 11.7 Å². The molecule has 3 heterocycles. The van der Waals surface area contributed by atoms with E-state index >= 15 is 0 Å². The number of allylic oxidation sites excluding steroid dienone is 3. The second kappa shape index (κ2) is 6.92. The van der Waals surface area contributed by atoms with Gasteiger partial charge in [-0.1, -0.05) is 6.08 Å². The van der Waals surface area contributed by atoms with E-state index < -0.39 is 5.78 Å². The van der Waals surface area contributed by atoms with Crippen molar-refractivity contribution in [3.05, 3.63) is 47.2 Å². The van der Waals surface area contributed by atoms with E-state index in [9.17, 15) is 14.7 Å². The number of ketones is 1. The van der Waals surface area contributed by atoms with Crippen molar-refractivity contribution in [2.24, 2.45) is 10.9 Å². The van der Waals surface area contributed by atoms with Crippen molar-refractivity contribution in [3.8, 4) is 0 Å². The van der Waals surface area contributed by atoms with Crippen LogP contribution in [0.3, 0.4) is 0 Å². The molecule has 3 N–H and O–H groups in total. The maximum Gasteiger partial charge on any atom is 0.236 e. The van der Waals surface area contributed by atoms with Crippen molar-refractivity contribution in [2.45, 2.75) is 44.0 Å². The van der Waals surface area contributed by atoms with Crippen LogP contribution in [0, 0.1) is 5.92 Å². The Labute approximate surface area is 151 Å². The Hall–Kier alpha value is -2.67. The highest BCUT2D eigenvalue weighted by atomic mass is 16.5. The molecule has 4 rings (SSSR count). The largest absolute Gasteiger partial charge is 0.436 e. The molecule has 1 aliphatic carbocycles. The summed E-state index contributed by atoms with van der Waals surface area (Å²) in [4.78, 5) is 28.3. The zero-order valence-corrected chi connectivity index (χ0v) is 14.2. The van der Waals surface area contributed by atoms with Gasteiger partial charge in [0.2, 0.25) is 11.7 Å². The Balaban J connectivity index is 1.49. The van der Waals surface area contributed by atoms with Crippen molar-refractivity contribution in [3.63, 3.8) is 0 Å². The molecule has 136 valence electrons. The molecule has 2 unspecified atom stereocenters. The minimum atomic E-state index is -0.411. The first-order valence-corrected chi connectivity index (χ1v) is 8.90. The number of hydrogen-bond acceptors (Lipinski definition) is 7. The van der Waals surface area contributed by atoms with Crippen LogP contribution in [0.2, 0.25) is 0 Å². The Morgan fingerprint density at radius 2 is 2.12 bits per heavy atom. The number of aliphatic hydroxyl groups is 1. The van der Waals surface area contributed by atoms with Crippen LogP contribution in [-0.4, -0.2) is 41.7 Å². The molecule has 7 nitrogen and oxygen atoms in total. The number of carbonyl (C=O) groups excluding carboxylic acids is 2. The summed E-state index contributed by atoms with van der Waals surface area (Å²) in [5.41, 5.74) is 0.904. The average molecular weight is 355 g/mol. The first-order valence-electron chi connectivity index (χ1n) is 8.90. The van der Waals surface area contributed by atoms with E-state index in [0.29, 0.717) is 19.1 Å². The SMILES string of the molecule is O=CC1=C(NC2CCC(O)CC2)O/C(=C\C2=CNC3N=CC=CC23)C1=O. The molecule has 2 atom stereocenters. The van der Waals surface area contributed by atoms with Gasteiger partial charge >= 0.3 is 0 Å². The lowest BCUT2D eigenvalue weighted by Crippen LogP contribution is -2.34. The topological polar surface area (TPSA) is 100 Å². The van der Waals surface area contributed by atoms with Crippen molar-refractivity contribution in [1.29, 1.82) is 0 Å². The van der Waals surface area contributed by atoms with Crippen LogP contribution in [-0.2, 0) is 14.3 Å². The van der Waals surface area contributed by atoms with E-state index in [2.05, 4.69) is 15.6 Å². The number of rotatable bonds is 4. The first-order chi connectivity index (χ1) is 12.7. The first kappa shape index (κ1) is 16.8. The molecule has 1 saturated carbocycles. The van der Waals surface area contributed by atoms with Gasteiger partial charge in [0.25, 0.3) is 0 Å². The molecule has 0 spiro atoms. The number of aliphatic imine (C=N–C) groups is 1. The van der Waals surface area contributed by atoms with E-state index in [1.54, 1.807) is 12.3 Å². The molecule has 7 heteroatoms. The highest BCUT2D eigenvalue weighted by Crippen LogP contribution is 2.31. The van der Waals surface area contributed by atoms with Gasteiger partial charge in [0.05, 0.1) is 6.10 Å². The van der Waals surface area contributed by atoms with Gasteiger partial charge in [-0.3, -0.25) is 14.6 Å². The number of nitrogens with zero attached hydrogens (tertiary/aromatic N) is 1. The molecule has 0 aromatic heterocycles. The summed E-state index contributed by atoms with van der Waals surface area (Å²) >= 11 is 0. The third-order valence-corrected chi connectivity index (χ3v) is 5.17. The molecular formula is C19H21N3O4. The van der Waals surface area contributed by atoms with Crippen LogP contribution in [0.15, 0.2) is 52.2 Å². The summed E-state index contributed by atoms with van der Waals surface area (Å²) in [6.45, 7) is 0. The van der Waals surface area contributed by atoms with E-state index in [-0.39, 0.29) is 41.4 Å². The maximum absolute atomic E-state index is 12.5. The van der Waals surface area contributed by atoms with Gasteiger partial charge in [-0.05, 0) is 43.4 Å². The third-order valence-electron chi connectivity index (χ3n) is 5.17. The highest BCUT2D eigenvalue weighted by molar-refractivity contribution is 6.21. The molecule has 0 amide bonds. The predicted octanol–water partition coefficient (Wildman–Crippen LogP) is 0.843. The molecule has 0 aromatic carbocycles. The lowest BCUT2D eigenvalue weighted by Gasteiger charge is -2.27. The molecule has 1 fully saturated rings. The van der Waals surface area contributed by atoms with Gasteiger partial charge in [0, 0.05) is 24.4 Å². The zero-order chi connectivity index (χ0) is 18.1. The minimum absolute atomic E-state index is 0.0164. The molecule has 4 aliphatic rings. The summed E-state index contributed by atoms with van der Waals surface area (Å²) in [7, 11) is 0. The number of aliphatic hydroxyl groups excluding tert-OH is 1. The number of nitrogens with one attached hydrogen (secondary N) is 2. The number of ether oxygens (including phenoxy) is 1. The number of aldehydes is 1. The number of hydrogen-bond donors (Lipinski definition) is 3. The minimum Gasteiger partial charge on any atom is -0.436 e. The molecule has 0 aromatic rings. The summed E-state index contributed by atoms with van der Waals surface area (Å²) in [5, 5.41) is 15.9. The van der Waals surface area contributed by atoms with E-state index in [4.69, 9.17) is 4.74 Å². The second-order valence-corrected chi connectivity index (χ2v) is 6.91. The summed E-state index contributed by atoms with van der Waals surface area (Å²) in [6.07, 6.45) is 12.3. The normalized spacial score (nSPS) is 34.4. The predicted molar refractivity (Wildman–Crippen MR) is 94.8 cm³/mol. The molecule has 26 heavy (non-hydrogen) atoms. The van der Waals surface area contributed by atoms with Gasteiger partial charge in [-0.2, -0.15) is 0 Å². The van der Waals surface area contributed by atoms with Crippen LogP contribution < -0.4 is 10.6 Å². The monoisotopic (exact) mass is 355 g/mol. The smallest absolute Gasteiger partial charge is 0.236 e. The quantitative estimate of drug-likeness (QED) is 0.393. The van der Waals surface area contributed by atoms with Crippen LogP contribution in [0.4, 0.5) is 0 Å². The maximum atomic E-state index is 12.5. The zero-order valence-electron chi connectivity index (χ0n) is 14.2. The summed E-state index contributed by atoms with van der Waals surface area (Å²) in [6, 6.07) is 0.0860. The van der Waals surface area contributed by atoms with Crippen LogP contribution in [0.5, 0.6) is 0 Å². The Morgan fingerprint density at radius 1 is 1.31 bits per heavy atom. The van der Waals surface area contributed by atoms with E-state index in [1.165, 1.54) is 0 Å².